The fourth-order valence-electron chi connectivity index (χ4n) is 1.05. The highest BCUT2D eigenvalue weighted by Gasteiger charge is 2.13. The molecule has 0 amide bonds. The third kappa shape index (κ3) is 1.95. The second-order valence-corrected chi connectivity index (χ2v) is 2.84. The first-order chi connectivity index (χ1) is 7.79. The minimum absolute atomic E-state index is 0.0208. The quantitative estimate of drug-likeness (QED) is 0.733. The SMILES string of the molecule is O/C(=C(/O)c1ncccn1)c1ncccn1. The Morgan fingerprint density at radius 2 is 1.00 bits per heavy atom. The fraction of sp³-hybridized carbons (Fsp3) is 0. The summed E-state index contributed by atoms with van der Waals surface area (Å²) in [5.41, 5.74) is 0. The van der Waals surface area contributed by atoms with Gasteiger partial charge in [-0.1, -0.05) is 0 Å². The van der Waals surface area contributed by atoms with Crippen molar-refractivity contribution in [3.63, 3.8) is 0 Å². The molecule has 0 bridgehead atoms. The van der Waals surface area contributed by atoms with Gasteiger partial charge in [-0.2, -0.15) is 0 Å². The van der Waals surface area contributed by atoms with Crippen LogP contribution in [0.2, 0.25) is 0 Å². The summed E-state index contributed by atoms with van der Waals surface area (Å²) in [5.74, 6) is -0.862. The number of nitrogens with zero attached hydrogens (tertiary/aromatic N) is 4. The standard InChI is InChI=1S/C10H8N4O2/c15-7(9-11-3-1-4-12-9)8(16)10-13-5-2-6-14-10/h1-6,15-16H/b8-7+. The molecule has 0 radical (unpaired) electrons. The molecule has 0 saturated carbocycles. The monoisotopic (exact) mass is 216 g/mol. The molecule has 2 rings (SSSR count). The summed E-state index contributed by atoms with van der Waals surface area (Å²) in [4.78, 5) is 15.2. The van der Waals surface area contributed by atoms with Crippen LogP contribution in [-0.2, 0) is 0 Å². The zero-order valence-electron chi connectivity index (χ0n) is 8.15. The lowest BCUT2D eigenvalue weighted by molar-refractivity contribution is 0.451. The van der Waals surface area contributed by atoms with E-state index in [2.05, 4.69) is 19.9 Å². The molecule has 0 unspecified atom stereocenters. The van der Waals surface area contributed by atoms with Gasteiger partial charge in [0, 0.05) is 24.8 Å². The third-order valence-corrected chi connectivity index (χ3v) is 1.78. The van der Waals surface area contributed by atoms with Crippen molar-refractivity contribution in [3.05, 3.63) is 48.6 Å². The Kier molecular flexibility index (Phi) is 2.73. The van der Waals surface area contributed by atoms with Crippen molar-refractivity contribution >= 4 is 11.5 Å². The van der Waals surface area contributed by atoms with Crippen LogP contribution in [-0.4, -0.2) is 30.1 Å². The molecule has 80 valence electrons. The molecule has 6 heteroatoms. The zero-order valence-corrected chi connectivity index (χ0v) is 8.15. The third-order valence-electron chi connectivity index (χ3n) is 1.78. The lowest BCUT2D eigenvalue weighted by atomic mass is 10.3. The summed E-state index contributed by atoms with van der Waals surface area (Å²) in [6, 6.07) is 3.21. The molecule has 2 heterocycles. The summed E-state index contributed by atoms with van der Waals surface area (Å²) < 4.78 is 0. The summed E-state index contributed by atoms with van der Waals surface area (Å²) >= 11 is 0. The van der Waals surface area contributed by atoms with Gasteiger partial charge in [-0.15, -0.1) is 0 Å². The van der Waals surface area contributed by atoms with Crippen LogP contribution < -0.4 is 0 Å². The zero-order chi connectivity index (χ0) is 11.4. The Morgan fingerprint density at radius 3 is 1.31 bits per heavy atom. The van der Waals surface area contributed by atoms with E-state index in [1.54, 1.807) is 12.1 Å². The van der Waals surface area contributed by atoms with Crippen LogP contribution in [0.5, 0.6) is 0 Å². The van der Waals surface area contributed by atoms with Crippen molar-refractivity contribution in [2.45, 2.75) is 0 Å². The molecule has 0 aliphatic rings. The van der Waals surface area contributed by atoms with Crippen LogP contribution in [0.25, 0.3) is 11.5 Å². The first-order valence-corrected chi connectivity index (χ1v) is 4.46. The Balaban J connectivity index is 2.43. The highest BCUT2D eigenvalue weighted by Crippen LogP contribution is 2.15. The van der Waals surface area contributed by atoms with Gasteiger partial charge in [0.1, 0.15) is 0 Å². The summed E-state index contributed by atoms with van der Waals surface area (Å²) in [7, 11) is 0. The number of rotatable bonds is 2. The van der Waals surface area contributed by atoms with Gasteiger partial charge in [0.25, 0.3) is 0 Å². The number of aliphatic hydroxyl groups excluding tert-OH is 2. The summed E-state index contributed by atoms with van der Waals surface area (Å²) in [6.07, 6.45) is 5.82. The molecule has 0 aromatic carbocycles. The molecule has 2 N–H and O–H groups in total. The predicted octanol–water partition coefficient (Wildman–Crippen LogP) is 1.21. The van der Waals surface area contributed by atoms with Crippen LogP contribution in [0.4, 0.5) is 0 Å². The highest BCUT2D eigenvalue weighted by molar-refractivity contribution is 5.76. The van der Waals surface area contributed by atoms with E-state index in [0.29, 0.717) is 0 Å². The van der Waals surface area contributed by atoms with E-state index in [1.807, 2.05) is 0 Å². The largest absolute Gasteiger partial charge is 0.502 e. The number of aliphatic hydroxyl groups is 2. The van der Waals surface area contributed by atoms with E-state index in [0.717, 1.165) is 0 Å². The van der Waals surface area contributed by atoms with Crippen molar-refractivity contribution in [2.75, 3.05) is 0 Å². The number of hydrogen-bond acceptors (Lipinski definition) is 6. The molecule has 16 heavy (non-hydrogen) atoms. The van der Waals surface area contributed by atoms with E-state index in [1.165, 1.54) is 24.8 Å². The maximum atomic E-state index is 9.67. The molecule has 2 aromatic heterocycles. The molecule has 6 nitrogen and oxygen atoms in total. The van der Waals surface area contributed by atoms with Gasteiger partial charge in [0.2, 0.25) is 11.5 Å². The van der Waals surface area contributed by atoms with Crippen molar-refractivity contribution < 1.29 is 10.2 Å². The summed E-state index contributed by atoms with van der Waals surface area (Å²) in [5, 5.41) is 19.3. The second kappa shape index (κ2) is 4.35. The minimum atomic E-state index is -0.452. The topological polar surface area (TPSA) is 92.0 Å². The first-order valence-electron chi connectivity index (χ1n) is 4.46. The van der Waals surface area contributed by atoms with E-state index >= 15 is 0 Å². The number of aromatic nitrogens is 4. The first kappa shape index (κ1) is 10.0. The van der Waals surface area contributed by atoms with Gasteiger partial charge in [-0.3, -0.25) is 0 Å². The van der Waals surface area contributed by atoms with E-state index in [9.17, 15) is 10.2 Å². The molecule has 0 fully saturated rings. The van der Waals surface area contributed by atoms with E-state index < -0.39 is 11.5 Å². The second-order valence-electron chi connectivity index (χ2n) is 2.84. The van der Waals surface area contributed by atoms with Crippen LogP contribution in [0.3, 0.4) is 0 Å². The van der Waals surface area contributed by atoms with E-state index in [-0.39, 0.29) is 11.6 Å². The van der Waals surface area contributed by atoms with Gasteiger partial charge in [0.05, 0.1) is 0 Å². The minimum Gasteiger partial charge on any atom is -0.502 e. The van der Waals surface area contributed by atoms with Crippen LogP contribution in [0.15, 0.2) is 36.9 Å². The summed E-state index contributed by atoms with van der Waals surface area (Å²) in [6.45, 7) is 0. The van der Waals surface area contributed by atoms with Crippen molar-refractivity contribution in [2.24, 2.45) is 0 Å². The van der Waals surface area contributed by atoms with Crippen LogP contribution in [0.1, 0.15) is 11.6 Å². The van der Waals surface area contributed by atoms with Crippen molar-refractivity contribution in [3.8, 4) is 0 Å². The van der Waals surface area contributed by atoms with Crippen LogP contribution in [0, 0.1) is 0 Å². The van der Waals surface area contributed by atoms with Gasteiger partial charge in [0.15, 0.2) is 11.6 Å². The van der Waals surface area contributed by atoms with Gasteiger partial charge in [-0.05, 0) is 12.1 Å². The molecular formula is C10H8N4O2. The lowest BCUT2D eigenvalue weighted by Gasteiger charge is -2.01. The van der Waals surface area contributed by atoms with E-state index in [4.69, 9.17) is 0 Å². The Bertz CT molecular complexity index is 451. The Labute approximate surface area is 91.0 Å². The maximum Gasteiger partial charge on any atom is 0.207 e. The lowest BCUT2D eigenvalue weighted by Crippen LogP contribution is -1.99. The molecule has 0 spiro atoms. The van der Waals surface area contributed by atoms with Crippen LogP contribution >= 0.6 is 0 Å². The molecule has 0 aliphatic heterocycles. The predicted molar refractivity (Wildman–Crippen MR) is 56.1 cm³/mol. The molecule has 0 atom stereocenters. The van der Waals surface area contributed by atoms with Crippen molar-refractivity contribution in [1.29, 1.82) is 0 Å². The molecular weight excluding hydrogens is 208 g/mol. The number of hydrogen-bond donors (Lipinski definition) is 2. The highest BCUT2D eigenvalue weighted by atomic mass is 16.3. The van der Waals surface area contributed by atoms with Gasteiger partial charge >= 0.3 is 0 Å². The maximum absolute atomic E-state index is 9.67. The Morgan fingerprint density at radius 1 is 0.688 bits per heavy atom. The van der Waals surface area contributed by atoms with Gasteiger partial charge in [-0.25, -0.2) is 19.9 Å². The average Bonchev–Trinajstić information content (AvgIpc) is 2.39. The smallest absolute Gasteiger partial charge is 0.207 e. The van der Waals surface area contributed by atoms with Gasteiger partial charge < -0.3 is 10.2 Å². The Hall–Kier alpha value is -2.50. The fourth-order valence-corrected chi connectivity index (χ4v) is 1.05. The average molecular weight is 216 g/mol. The van der Waals surface area contributed by atoms with Crippen molar-refractivity contribution in [1.82, 2.24) is 19.9 Å². The molecule has 2 aromatic rings. The normalized spacial score (nSPS) is 12.0. The molecule has 0 saturated heterocycles. The molecule has 0 aliphatic carbocycles.